The van der Waals surface area contributed by atoms with Crippen LogP contribution >= 0.6 is 27.7 Å². The number of nitrogens with one attached hydrogen (secondary N) is 1. The monoisotopic (exact) mass is 448 g/mol. The Morgan fingerprint density at radius 1 is 1.22 bits per heavy atom. The highest BCUT2D eigenvalue weighted by molar-refractivity contribution is 9.10. The molecule has 0 aliphatic carbocycles. The van der Waals surface area contributed by atoms with Gasteiger partial charge in [0.05, 0.1) is 23.8 Å². The van der Waals surface area contributed by atoms with E-state index >= 15 is 0 Å². The zero-order valence-corrected chi connectivity index (χ0v) is 16.9. The van der Waals surface area contributed by atoms with Gasteiger partial charge in [-0.15, -0.1) is 11.8 Å². The van der Waals surface area contributed by atoms with Gasteiger partial charge in [0, 0.05) is 16.6 Å². The van der Waals surface area contributed by atoms with Crippen LogP contribution in [0.5, 0.6) is 5.75 Å². The van der Waals surface area contributed by atoms with Crippen molar-refractivity contribution >= 4 is 56.8 Å². The first-order valence-electron chi connectivity index (χ1n) is 8.16. The van der Waals surface area contributed by atoms with Gasteiger partial charge in [0.15, 0.2) is 0 Å². The van der Waals surface area contributed by atoms with E-state index in [9.17, 15) is 14.4 Å². The molecule has 0 aromatic heterocycles. The molecule has 1 atom stereocenters. The molecule has 1 aliphatic rings. The summed E-state index contributed by atoms with van der Waals surface area (Å²) in [6.45, 7) is 0. The maximum Gasteiger partial charge on any atom is 0.247 e. The summed E-state index contributed by atoms with van der Waals surface area (Å²) < 4.78 is 6.16. The first kappa shape index (κ1) is 19.4. The van der Waals surface area contributed by atoms with Crippen LogP contribution in [0, 0.1) is 0 Å². The SMILES string of the molecule is COc1ccccc1N1C(=O)C[C@H](SCC(=O)Nc2ccc(Br)cc2)C1=O. The van der Waals surface area contributed by atoms with Crippen LogP contribution in [-0.4, -0.2) is 35.8 Å². The summed E-state index contributed by atoms with van der Waals surface area (Å²) in [5, 5.41) is 2.18. The van der Waals surface area contributed by atoms with Gasteiger partial charge in [0.1, 0.15) is 5.75 Å². The maximum atomic E-state index is 12.7. The van der Waals surface area contributed by atoms with Crippen LogP contribution in [0.2, 0.25) is 0 Å². The van der Waals surface area contributed by atoms with Gasteiger partial charge in [-0.3, -0.25) is 14.4 Å². The Kier molecular flexibility index (Phi) is 6.18. The van der Waals surface area contributed by atoms with Crippen LogP contribution in [-0.2, 0) is 14.4 Å². The molecule has 8 heteroatoms. The number of imide groups is 1. The van der Waals surface area contributed by atoms with Crippen LogP contribution in [0.1, 0.15) is 6.42 Å². The van der Waals surface area contributed by atoms with Crippen LogP contribution in [0.4, 0.5) is 11.4 Å². The van der Waals surface area contributed by atoms with E-state index in [4.69, 9.17) is 4.74 Å². The number of methoxy groups -OCH3 is 1. The van der Waals surface area contributed by atoms with E-state index in [1.165, 1.54) is 7.11 Å². The number of amides is 3. The van der Waals surface area contributed by atoms with Crippen LogP contribution < -0.4 is 15.0 Å². The lowest BCUT2D eigenvalue weighted by molar-refractivity contribution is -0.121. The molecule has 1 heterocycles. The lowest BCUT2D eigenvalue weighted by atomic mass is 10.2. The van der Waals surface area contributed by atoms with E-state index in [0.717, 1.165) is 21.1 Å². The number of nitrogens with zero attached hydrogens (tertiary/aromatic N) is 1. The molecule has 3 amide bonds. The molecule has 0 spiro atoms. The minimum Gasteiger partial charge on any atom is -0.495 e. The molecule has 1 fully saturated rings. The standard InChI is InChI=1S/C19H17BrN2O4S/c1-26-15-5-3-2-4-14(15)22-18(24)10-16(19(22)25)27-11-17(23)21-13-8-6-12(20)7-9-13/h2-9,16H,10-11H2,1H3,(H,21,23)/t16-/m0/s1. The third-order valence-corrected chi connectivity index (χ3v) is 5.70. The van der Waals surface area contributed by atoms with Crippen molar-refractivity contribution < 1.29 is 19.1 Å². The summed E-state index contributed by atoms with van der Waals surface area (Å²) in [6, 6.07) is 14.1. The van der Waals surface area contributed by atoms with Crippen molar-refractivity contribution in [1.82, 2.24) is 0 Å². The molecule has 1 aliphatic heterocycles. The van der Waals surface area contributed by atoms with Gasteiger partial charge in [0.2, 0.25) is 17.7 Å². The number of halogens is 1. The van der Waals surface area contributed by atoms with Crippen molar-refractivity contribution in [2.45, 2.75) is 11.7 Å². The van der Waals surface area contributed by atoms with Gasteiger partial charge in [-0.05, 0) is 36.4 Å². The molecule has 1 N–H and O–H groups in total. The van der Waals surface area contributed by atoms with Crippen molar-refractivity contribution in [2.24, 2.45) is 0 Å². The first-order chi connectivity index (χ1) is 13.0. The van der Waals surface area contributed by atoms with E-state index in [2.05, 4.69) is 21.2 Å². The summed E-state index contributed by atoms with van der Waals surface area (Å²) >= 11 is 4.50. The lowest BCUT2D eigenvalue weighted by Crippen LogP contribution is -2.31. The molecule has 27 heavy (non-hydrogen) atoms. The largest absolute Gasteiger partial charge is 0.495 e. The number of rotatable bonds is 6. The van der Waals surface area contributed by atoms with Gasteiger partial charge in [0.25, 0.3) is 0 Å². The van der Waals surface area contributed by atoms with Crippen LogP contribution in [0.25, 0.3) is 0 Å². The van der Waals surface area contributed by atoms with E-state index in [1.807, 2.05) is 12.1 Å². The van der Waals surface area contributed by atoms with Gasteiger partial charge >= 0.3 is 0 Å². The Balaban J connectivity index is 1.61. The number of hydrogen-bond donors (Lipinski definition) is 1. The Morgan fingerprint density at radius 2 is 1.93 bits per heavy atom. The minimum absolute atomic E-state index is 0.0626. The van der Waals surface area contributed by atoms with Crippen LogP contribution in [0.3, 0.4) is 0 Å². The first-order valence-corrected chi connectivity index (χ1v) is 10.0. The van der Waals surface area contributed by atoms with E-state index in [1.54, 1.807) is 36.4 Å². The van der Waals surface area contributed by atoms with E-state index in [0.29, 0.717) is 17.1 Å². The predicted molar refractivity (Wildman–Crippen MR) is 109 cm³/mol. The van der Waals surface area contributed by atoms with Gasteiger partial charge in [-0.2, -0.15) is 0 Å². The fraction of sp³-hybridized carbons (Fsp3) is 0.211. The van der Waals surface area contributed by atoms with Crippen molar-refractivity contribution in [3.05, 3.63) is 53.0 Å². The Morgan fingerprint density at radius 3 is 2.63 bits per heavy atom. The summed E-state index contributed by atoms with van der Waals surface area (Å²) in [7, 11) is 1.49. The highest BCUT2D eigenvalue weighted by Crippen LogP contribution is 2.35. The fourth-order valence-corrected chi connectivity index (χ4v) is 3.91. The third-order valence-electron chi connectivity index (χ3n) is 3.97. The smallest absolute Gasteiger partial charge is 0.247 e. The highest BCUT2D eigenvalue weighted by atomic mass is 79.9. The molecule has 0 bridgehead atoms. The summed E-state index contributed by atoms with van der Waals surface area (Å²) in [5.41, 5.74) is 1.10. The quantitative estimate of drug-likeness (QED) is 0.684. The second kappa shape index (κ2) is 8.58. The number of carbonyl (C=O) groups excluding carboxylic acids is 3. The summed E-state index contributed by atoms with van der Waals surface area (Å²) in [5.74, 6) is -0.308. The molecule has 0 radical (unpaired) electrons. The molecule has 140 valence electrons. The number of ether oxygens (including phenoxy) is 1. The molecule has 3 rings (SSSR count). The second-order valence-corrected chi connectivity index (χ2v) is 7.90. The number of thioether (sulfide) groups is 1. The maximum absolute atomic E-state index is 12.7. The molecule has 6 nitrogen and oxygen atoms in total. The van der Waals surface area contributed by atoms with Gasteiger partial charge in [-0.1, -0.05) is 28.1 Å². The van der Waals surface area contributed by atoms with E-state index in [-0.39, 0.29) is 29.9 Å². The summed E-state index contributed by atoms with van der Waals surface area (Å²) in [4.78, 5) is 38.3. The highest BCUT2D eigenvalue weighted by Gasteiger charge is 2.41. The van der Waals surface area contributed by atoms with Gasteiger partial charge < -0.3 is 10.1 Å². The Labute approximate surface area is 169 Å². The number of para-hydroxylation sites is 2. The number of hydrogen-bond acceptors (Lipinski definition) is 5. The average molecular weight is 449 g/mol. The molecule has 1 saturated heterocycles. The van der Waals surface area contributed by atoms with Crippen molar-refractivity contribution in [1.29, 1.82) is 0 Å². The summed E-state index contributed by atoms with van der Waals surface area (Å²) in [6.07, 6.45) is 0.0626. The molecule has 2 aromatic rings. The minimum atomic E-state index is -0.585. The Hall–Kier alpha value is -2.32. The molecule has 0 unspecified atom stereocenters. The topological polar surface area (TPSA) is 75.7 Å². The second-order valence-electron chi connectivity index (χ2n) is 5.80. The Bertz CT molecular complexity index is 872. The van der Waals surface area contributed by atoms with Crippen LogP contribution in [0.15, 0.2) is 53.0 Å². The molecule has 2 aromatic carbocycles. The molecular formula is C19H17BrN2O4S. The zero-order chi connectivity index (χ0) is 19.4. The fourth-order valence-electron chi connectivity index (χ4n) is 2.71. The van der Waals surface area contributed by atoms with Crippen molar-refractivity contribution in [3.63, 3.8) is 0 Å². The number of anilines is 2. The van der Waals surface area contributed by atoms with Gasteiger partial charge in [-0.25, -0.2) is 4.90 Å². The number of carbonyl (C=O) groups is 3. The average Bonchev–Trinajstić information content (AvgIpc) is 2.95. The third kappa shape index (κ3) is 4.51. The molecular weight excluding hydrogens is 432 g/mol. The zero-order valence-electron chi connectivity index (χ0n) is 14.5. The molecule has 0 saturated carbocycles. The van der Waals surface area contributed by atoms with Crippen molar-refractivity contribution in [3.8, 4) is 5.75 Å². The van der Waals surface area contributed by atoms with Crippen molar-refractivity contribution in [2.75, 3.05) is 23.1 Å². The number of benzene rings is 2. The normalized spacial score (nSPS) is 16.5. The lowest BCUT2D eigenvalue weighted by Gasteiger charge is -2.17. The van der Waals surface area contributed by atoms with E-state index < -0.39 is 5.25 Å². The predicted octanol–water partition coefficient (Wildman–Crippen LogP) is 3.46.